The second-order valence-electron chi connectivity index (χ2n) is 19.5. The molecule has 0 aromatic heterocycles. The SMILES string of the molecule is COC(=O)C1=C2Nc3ccccc3[C@@]23CCN2C[C@]4(C[C@@H]5C[C@]67CC(=O)C[C@H]6CCN6CC[C@@]8(c9cccc(OC)c9N(C4)[C@@]58O)[C@@H]67)[C@@H]4OCC[C@]4(C1)[C@H]23. The summed E-state index contributed by atoms with van der Waals surface area (Å²) in [6.45, 7) is 5.08. The third-order valence-electron chi connectivity index (χ3n) is 18.1. The molecule has 5 spiro atoms. The van der Waals surface area contributed by atoms with E-state index in [-0.39, 0.29) is 51.7 Å². The number of para-hydroxylation sites is 2. The van der Waals surface area contributed by atoms with Crippen LogP contribution in [0.1, 0.15) is 68.9 Å². The van der Waals surface area contributed by atoms with Gasteiger partial charge in [0.25, 0.3) is 0 Å². The standard InChI is InChI=1S/C44H50N4O6/c1-52-32-9-5-7-30-33(32)48-24-39(19-26-20-41-21-27(49)18-25(41)10-14-46-16-12-43(30,37(41)46)44(26,48)51)23-47-15-11-42-29-6-3-4-8-31(29)45-34(42)28(35(50)53-2)22-40(36(42)47)13-17-54-38(39)40/h3-9,25-26,36-38,45,51H,10-24H2,1-2H3/t25-,26-,36+,37+,38+,39+,40+,41+,42+,43-,44-/m1/s1. The Balaban J connectivity index is 1.03. The summed E-state index contributed by atoms with van der Waals surface area (Å²) in [5.74, 6) is 1.30. The number of ketones is 1. The molecule has 0 amide bonds. The molecule has 2 N–H and O–H groups in total. The van der Waals surface area contributed by atoms with Crippen molar-refractivity contribution in [2.24, 2.45) is 28.1 Å². The normalized spacial score (nSPS) is 47.0. The number of piperidine rings is 3. The van der Waals surface area contributed by atoms with Crippen molar-refractivity contribution in [2.75, 3.05) is 63.8 Å². The van der Waals surface area contributed by atoms with Gasteiger partial charge in [0.05, 0.1) is 42.4 Å². The number of nitrogens with one attached hydrogen (secondary N) is 1. The molecule has 10 heteroatoms. The first kappa shape index (κ1) is 31.7. The number of Topliss-reactive ketones (excluding diaryl/α,β-unsaturated/α-hetero) is 1. The van der Waals surface area contributed by atoms with E-state index in [0.717, 1.165) is 93.1 Å². The first-order valence-electron chi connectivity index (χ1n) is 20.7. The number of anilines is 2. The minimum absolute atomic E-state index is 0.0518. The summed E-state index contributed by atoms with van der Waals surface area (Å²) in [5.41, 5.74) is 3.77. The van der Waals surface area contributed by atoms with Gasteiger partial charge in [-0.3, -0.25) is 14.6 Å². The predicted octanol–water partition coefficient (Wildman–Crippen LogP) is 4.35. The number of benzene rings is 2. The smallest absolute Gasteiger partial charge is 0.335 e. The lowest BCUT2D eigenvalue weighted by molar-refractivity contribution is -0.231. The van der Waals surface area contributed by atoms with E-state index in [1.165, 1.54) is 18.2 Å². The maximum atomic E-state index is 14.1. The van der Waals surface area contributed by atoms with Crippen molar-refractivity contribution in [3.05, 3.63) is 64.9 Å². The summed E-state index contributed by atoms with van der Waals surface area (Å²) in [6.07, 6.45) is 7.28. The summed E-state index contributed by atoms with van der Waals surface area (Å²) >= 11 is 0. The predicted molar refractivity (Wildman–Crippen MR) is 199 cm³/mol. The number of fused-ring (bicyclic) bond motifs is 4. The van der Waals surface area contributed by atoms with Gasteiger partial charge in [-0.2, -0.15) is 0 Å². The molecule has 282 valence electrons. The van der Waals surface area contributed by atoms with E-state index in [1.807, 2.05) is 0 Å². The molecular formula is C44H50N4O6. The molecule has 0 radical (unpaired) electrons. The molecule has 2 aromatic rings. The second kappa shape index (κ2) is 9.74. The molecule has 11 atom stereocenters. The van der Waals surface area contributed by atoms with Gasteiger partial charge in [0.1, 0.15) is 11.5 Å². The highest BCUT2D eigenvalue weighted by Crippen LogP contribution is 2.78. The number of esters is 1. The maximum absolute atomic E-state index is 14.1. The molecule has 11 aliphatic rings. The molecule has 6 saturated heterocycles. The number of aliphatic hydroxyl groups is 1. The number of ether oxygens (including phenoxy) is 3. The van der Waals surface area contributed by atoms with Gasteiger partial charge in [-0.15, -0.1) is 0 Å². The van der Waals surface area contributed by atoms with Gasteiger partial charge in [0.15, 0.2) is 5.72 Å². The first-order chi connectivity index (χ1) is 26.2. The van der Waals surface area contributed by atoms with Crippen molar-refractivity contribution in [3.63, 3.8) is 0 Å². The lowest BCUT2D eigenvalue weighted by atomic mass is 9.43. The van der Waals surface area contributed by atoms with Gasteiger partial charge in [0, 0.05) is 72.8 Å². The molecule has 54 heavy (non-hydrogen) atoms. The van der Waals surface area contributed by atoms with E-state index in [4.69, 9.17) is 14.2 Å². The van der Waals surface area contributed by atoms with Crippen LogP contribution in [0.15, 0.2) is 53.7 Å². The van der Waals surface area contributed by atoms with E-state index < -0.39 is 11.1 Å². The number of carbonyl (C=O) groups excluding carboxylic acids is 2. The van der Waals surface area contributed by atoms with Crippen molar-refractivity contribution in [2.45, 2.75) is 92.5 Å². The van der Waals surface area contributed by atoms with Crippen LogP contribution in [0.4, 0.5) is 11.4 Å². The number of methoxy groups -OCH3 is 2. The fraction of sp³-hybridized carbons (Fsp3) is 0.636. The van der Waals surface area contributed by atoms with Crippen molar-refractivity contribution in [3.8, 4) is 5.75 Å². The quantitative estimate of drug-likeness (QED) is 0.434. The zero-order valence-electron chi connectivity index (χ0n) is 31.4. The monoisotopic (exact) mass is 730 g/mol. The topological polar surface area (TPSA) is 104 Å². The minimum Gasteiger partial charge on any atom is -0.495 e. The van der Waals surface area contributed by atoms with Crippen LogP contribution in [-0.2, 0) is 29.9 Å². The molecule has 2 aromatic carbocycles. The maximum Gasteiger partial charge on any atom is 0.335 e. The van der Waals surface area contributed by atoms with Crippen LogP contribution in [0.3, 0.4) is 0 Å². The van der Waals surface area contributed by atoms with Gasteiger partial charge in [-0.05, 0) is 99.2 Å². The number of carbonyl (C=O) groups is 2. The van der Waals surface area contributed by atoms with Crippen molar-refractivity contribution < 1.29 is 28.9 Å². The van der Waals surface area contributed by atoms with Gasteiger partial charge >= 0.3 is 5.97 Å². The lowest BCUT2D eigenvalue weighted by Gasteiger charge is -2.70. The summed E-state index contributed by atoms with van der Waals surface area (Å²) < 4.78 is 19.1. The van der Waals surface area contributed by atoms with Gasteiger partial charge in [-0.1, -0.05) is 30.3 Å². The number of hydrogen-bond donors (Lipinski definition) is 2. The van der Waals surface area contributed by atoms with Crippen molar-refractivity contribution >= 4 is 23.1 Å². The molecule has 0 bridgehead atoms. The Bertz CT molecular complexity index is 2140. The molecule has 8 fully saturated rings. The summed E-state index contributed by atoms with van der Waals surface area (Å²) in [7, 11) is 3.28. The molecule has 0 unspecified atom stereocenters. The van der Waals surface area contributed by atoms with E-state index in [0.29, 0.717) is 44.1 Å². The van der Waals surface area contributed by atoms with Crippen LogP contribution in [0, 0.1) is 28.1 Å². The third-order valence-corrected chi connectivity index (χ3v) is 18.1. The zero-order valence-corrected chi connectivity index (χ0v) is 31.4. The average Bonchev–Trinajstić information content (AvgIpc) is 4.02. The van der Waals surface area contributed by atoms with Crippen molar-refractivity contribution in [1.82, 2.24) is 9.80 Å². The number of nitrogens with zero attached hydrogens (tertiary/aromatic N) is 3. The van der Waals surface area contributed by atoms with E-state index in [9.17, 15) is 14.7 Å². The largest absolute Gasteiger partial charge is 0.495 e. The van der Waals surface area contributed by atoms with Crippen LogP contribution in [0.5, 0.6) is 5.75 Å². The highest BCUT2D eigenvalue weighted by atomic mass is 16.5. The van der Waals surface area contributed by atoms with Crippen LogP contribution < -0.4 is 15.0 Å². The molecule has 8 aliphatic heterocycles. The Morgan fingerprint density at radius 3 is 2.63 bits per heavy atom. The minimum atomic E-state index is -1.10. The van der Waals surface area contributed by atoms with Gasteiger partial charge in [0.2, 0.25) is 0 Å². The van der Waals surface area contributed by atoms with E-state index in [2.05, 4.69) is 62.5 Å². The first-order valence-corrected chi connectivity index (χ1v) is 20.7. The van der Waals surface area contributed by atoms with Gasteiger partial charge < -0.3 is 29.5 Å². The molecule has 10 nitrogen and oxygen atoms in total. The van der Waals surface area contributed by atoms with Gasteiger partial charge in [-0.25, -0.2) is 4.79 Å². The third kappa shape index (κ3) is 3.09. The molecular weight excluding hydrogens is 681 g/mol. The molecule has 13 rings (SSSR count). The molecule has 8 heterocycles. The van der Waals surface area contributed by atoms with Crippen LogP contribution in [0.25, 0.3) is 0 Å². The fourth-order valence-corrected chi connectivity index (χ4v) is 17.2. The second-order valence-corrected chi connectivity index (χ2v) is 19.5. The Morgan fingerprint density at radius 2 is 1.76 bits per heavy atom. The summed E-state index contributed by atoms with van der Waals surface area (Å²) in [6, 6.07) is 15.5. The molecule has 2 saturated carbocycles. The number of hydrogen-bond acceptors (Lipinski definition) is 10. The fourth-order valence-electron chi connectivity index (χ4n) is 17.2. The Morgan fingerprint density at radius 1 is 0.907 bits per heavy atom. The highest BCUT2D eigenvalue weighted by Gasteiger charge is 2.83. The zero-order chi connectivity index (χ0) is 36.2. The Hall–Kier alpha value is -3.44. The van der Waals surface area contributed by atoms with E-state index >= 15 is 0 Å². The van der Waals surface area contributed by atoms with Crippen molar-refractivity contribution in [1.29, 1.82) is 0 Å². The Kier molecular flexibility index (Phi) is 5.72. The molecule has 3 aliphatic carbocycles. The van der Waals surface area contributed by atoms with Crippen LogP contribution >= 0.6 is 0 Å². The summed E-state index contributed by atoms with van der Waals surface area (Å²) in [4.78, 5) is 35.6. The Labute approximate surface area is 316 Å². The van der Waals surface area contributed by atoms with Crippen LogP contribution in [0.2, 0.25) is 0 Å². The van der Waals surface area contributed by atoms with E-state index in [1.54, 1.807) is 7.11 Å². The highest BCUT2D eigenvalue weighted by molar-refractivity contribution is 5.93. The average molecular weight is 731 g/mol. The van der Waals surface area contributed by atoms with Crippen LogP contribution in [-0.4, -0.2) is 104 Å². The number of rotatable bonds is 2. The lowest BCUT2D eigenvalue weighted by Crippen LogP contribution is -2.80. The summed E-state index contributed by atoms with van der Waals surface area (Å²) in [5, 5.41) is 17.8.